The Morgan fingerprint density at radius 1 is 1.41 bits per heavy atom. The molecule has 0 aliphatic carbocycles. The molecule has 0 amide bonds. The molecule has 0 bridgehead atoms. The van der Waals surface area contributed by atoms with Gasteiger partial charge in [0, 0.05) is 38.5 Å². The van der Waals surface area contributed by atoms with E-state index in [0.29, 0.717) is 6.04 Å². The van der Waals surface area contributed by atoms with Crippen LogP contribution in [0.2, 0.25) is 0 Å². The summed E-state index contributed by atoms with van der Waals surface area (Å²) in [5.74, 6) is 0. The molecule has 22 heavy (non-hydrogen) atoms. The van der Waals surface area contributed by atoms with Crippen molar-refractivity contribution in [3.05, 3.63) is 30.1 Å². The second-order valence-electron chi connectivity index (χ2n) is 6.51. The summed E-state index contributed by atoms with van der Waals surface area (Å²) in [4.78, 5) is 9.11. The molecule has 2 saturated heterocycles. The zero-order valence-electron chi connectivity index (χ0n) is 13.6. The van der Waals surface area contributed by atoms with Crippen LogP contribution in [0.1, 0.15) is 18.5 Å². The number of nitrogens with zero attached hydrogens (tertiary/aromatic N) is 3. The van der Waals surface area contributed by atoms with Crippen molar-refractivity contribution in [2.75, 3.05) is 40.4 Å². The van der Waals surface area contributed by atoms with Crippen LogP contribution in [0.4, 0.5) is 0 Å². The molecule has 0 radical (unpaired) electrons. The minimum atomic E-state index is 0.189. The van der Waals surface area contributed by atoms with E-state index in [-0.39, 0.29) is 12.2 Å². The molecule has 1 aromatic heterocycles. The average molecular weight is 305 g/mol. The maximum atomic E-state index is 6.12. The van der Waals surface area contributed by atoms with Gasteiger partial charge in [-0.15, -0.1) is 0 Å². The Hall–Kier alpha value is -1.01. The number of fused-ring (bicyclic) bond motifs is 1. The molecule has 3 atom stereocenters. The third kappa shape index (κ3) is 3.84. The smallest absolute Gasteiger partial charge is 0.100 e. The lowest BCUT2D eigenvalue weighted by Crippen LogP contribution is -2.42. The molecule has 5 heteroatoms. The monoisotopic (exact) mass is 305 g/mol. The standard InChI is InChI=1S/C17H27N3O2/c1-19(2)9-11-21-16-13-20(12-14-6-3-4-8-18-14)15-7-5-10-22-17(15)16/h3-4,6,8,15-17H,5,7,9-13H2,1-2H3/t15-,16+,17+/m1/s1. The van der Waals surface area contributed by atoms with E-state index in [4.69, 9.17) is 9.47 Å². The third-order valence-corrected chi connectivity index (χ3v) is 4.55. The molecule has 3 heterocycles. The van der Waals surface area contributed by atoms with Crippen LogP contribution in [0.25, 0.3) is 0 Å². The van der Waals surface area contributed by atoms with Gasteiger partial charge in [-0.1, -0.05) is 6.07 Å². The van der Waals surface area contributed by atoms with Gasteiger partial charge in [0.2, 0.25) is 0 Å². The Morgan fingerprint density at radius 3 is 3.09 bits per heavy atom. The maximum absolute atomic E-state index is 6.12. The van der Waals surface area contributed by atoms with Gasteiger partial charge < -0.3 is 14.4 Å². The molecule has 3 rings (SSSR count). The minimum Gasteiger partial charge on any atom is -0.374 e. The summed E-state index contributed by atoms with van der Waals surface area (Å²) in [6, 6.07) is 6.59. The number of ether oxygens (including phenoxy) is 2. The van der Waals surface area contributed by atoms with E-state index < -0.39 is 0 Å². The number of likely N-dealkylation sites (tertiary alicyclic amines) is 1. The number of aromatic nitrogens is 1. The Labute approximate surface area is 133 Å². The molecule has 2 fully saturated rings. The van der Waals surface area contributed by atoms with Gasteiger partial charge in [0.1, 0.15) is 6.10 Å². The average Bonchev–Trinajstić information content (AvgIpc) is 2.86. The van der Waals surface area contributed by atoms with Crippen LogP contribution in [0.3, 0.4) is 0 Å². The van der Waals surface area contributed by atoms with Crippen LogP contribution < -0.4 is 0 Å². The first-order valence-electron chi connectivity index (χ1n) is 8.26. The molecule has 0 saturated carbocycles. The molecule has 0 unspecified atom stereocenters. The van der Waals surface area contributed by atoms with Crippen LogP contribution >= 0.6 is 0 Å². The number of likely N-dealkylation sites (N-methyl/N-ethyl adjacent to an activating group) is 1. The Bertz CT molecular complexity index is 454. The van der Waals surface area contributed by atoms with Gasteiger partial charge in [0.25, 0.3) is 0 Å². The lowest BCUT2D eigenvalue weighted by atomic mass is 10.0. The van der Waals surface area contributed by atoms with Crippen molar-refractivity contribution in [3.63, 3.8) is 0 Å². The lowest BCUT2D eigenvalue weighted by Gasteiger charge is -2.32. The lowest BCUT2D eigenvalue weighted by molar-refractivity contribution is -0.0787. The van der Waals surface area contributed by atoms with E-state index in [1.807, 2.05) is 12.3 Å². The zero-order valence-corrected chi connectivity index (χ0v) is 13.6. The van der Waals surface area contributed by atoms with Crippen LogP contribution in [0.5, 0.6) is 0 Å². The number of hydrogen-bond donors (Lipinski definition) is 0. The number of rotatable bonds is 6. The molecule has 5 nitrogen and oxygen atoms in total. The molecule has 0 N–H and O–H groups in total. The highest BCUT2D eigenvalue weighted by molar-refractivity contribution is 5.06. The molecule has 0 spiro atoms. The highest BCUT2D eigenvalue weighted by Gasteiger charge is 2.44. The van der Waals surface area contributed by atoms with Crippen LogP contribution in [0.15, 0.2) is 24.4 Å². The van der Waals surface area contributed by atoms with Crippen molar-refractivity contribution in [1.29, 1.82) is 0 Å². The van der Waals surface area contributed by atoms with Crippen LogP contribution in [-0.2, 0) is 16.0 Å². The first kappa shape index (κ1) is 15.9. The Balaban J connectivity index is 1.61. The minimum absolute atomic E-state index is 0.189. The van der Waals surface area contributed by atoms with Crippen LogP contribution in [0, 0.1) is 0 Å². The Morgan fingerprint density at radius 2 is 2.32 bits per heavy atom. The Kier molecular flexibility index (Phi) is 5.41. The summed E-state index contributed by atoms with van der Waals surface area (Å²) in [7, 11) is 4.15. The zero-order chi connectivity index (χ0) is 15.4. The number of hydrogen-bond acceptors (Lipinski definition) is 5. The molecular formula is C17H27N3O2. The molecule has 1 aromatic rings. The third-order valence-electron chi connectivity index (χ3n) is 4.55. The fourth-order valence-electron chi connectivity index (χ4n) is 3.42. The summed E-state index contributed by atoms with van der Waals surface area (Å²) in [6.07, 6.45) is 4.62. The van der Waals surface area contributed by atoms with Gasteiger partial charge in [-0.25, -0.2) is 0 Å². The maximum Gasteiger partial charge on any atom is 0.100 e. The van der Waals surface area contributed by atoms with Crippen molar-refractivity contribution in [1.82, 2.24) is 14.8 Å². The molecular weight excluding hydrogens is 278 g/mol. The van der Waals surface area contributed by atoms with E-state index in [0.717, 1.165) is 45.0 Å². The summed E-state index contributed by atoms with van der Waals surface area (Å²) in [5.41, 5.74) is 1.13. The van der Waals surface area contributed by atoms with Gasteiger partial charge >= 0.3 is 0 Å². The van der Waals surface area contributed by atoms with Gasteiger partial charge in [0.05, 0.1) is 18.4 Å². The normalized spacial score (nSPS) is 29.0. The summed E-state index contributed by atoms with van der Waals surface area (Å²) >= 11 is 0. The summed E-state index contributed by atoms with van der Waals surface area (Å²) in [6.45, 7) is 4.42. The fraction of sp³-hybridized carbons (Fsp3) is 0.706. The van der Waals surface area contributed by atoms with E-state index in [1.54, 1.807) is 0 Å². The fourth-order valence-corrected chi connectivity index (χ4v) is 3.42. The molecule has 2 aliphatic heterocycles. The SMILES string of the molecule is CN(C)CCO[C@H]1CN(Cc2ccccn2)[C@@H]2CCCO[C@H]12. The van der Waals surface area contributed by atoms with Crippen molar-refractivity contribution in [3.8, 4) is 0 Å². The highest BCUT2D eigenvalue weighted by atomic mass is 16.5. The molecule has 122 valence electrons. The van der Waals surface area contributed by atoms with Gasteiger partial charge in [-0.3, -0.25) is 9.88 Å². The van der Waals surface area contributed by atoms with Gasteiger partial charge in [-0.05, 0) is 39.1 Å². The van der Waals surface area contributed by atoms with Gasteiger partial charge in [0.15, 0.2) is 0 Å². The predicted octanol–water partition coefficient (Wildman–Crippen LogP) is 1.39. The summed E-state index contributed by atoms with van der Waals surface area (Å²) < 4.78 is 12.2. The number of pyridine rings is 1. The van der Waals surface area contributed by atoms with Crippen molar-refractivity contribution < 1.29 is 9.47 Å². The van der Waals surface area contributed by atoms with Crippen molar-refractivity contribution in [2.24, 2.45) is 0 Å². The summed E-state index contributed by atoms with van der Waals surface area (Å²) in [5, 5.41) is 0. The predicted molar refractivity (Wildman–Crippen MR) is 85.7 cm³/mol. The van der Waals surface area contributed by atoms with Gasteiger partial charge in [-0.2, -0.15) is 0 Å². The first-order chi connectivity index (χ1) is 10.7. The topological polar surface area (TPSA) is 37.8 Å². The molecule has 0 aromatic carbocycles. The van der Waals surface area contributed by atoms with Crippen molar-refractivity contribution >= 4 is 0 Å². The second-order valence-corrected chi connectivity index (χ2v) is 6.51. The second kappa shape index (κ2) is 7.51. The first-order valence-corrected chi connectivity index (χ1v) is 8.26. The highest BCUT2D eigenvalue weighted by Crippen LogP contribution is 2.31. The largest absolute Gasteiger partial charge is 0.374 e. The van der Waals surface area contributed by atoms with E-state index in [9.17, 15) is 0 Å². The van der Waals surface area contributed by atoms with E-state index >= 15 is 0 Å². The van der Waals surface area contributed by atoms with E-state index in [1.165, 1.54) is 6.42 Å². The molecule has 2 aliphatic rings. The quantitative estimate of drug-likeness (QED) is 0.794. The van der Waals surface area contributed by atoms with Crippen LogP contribution in [-0.4, -0.2) is 73.4 Å². The van der Waals surface area contributed by atoms with Crippen molar-refractivity contribution in [2.45, 2.75) is 37.6 Å². The van der Waals surface area contributed by atoms with E-state index in [2.05, 4.69) is 41.0 Å².